The Hall–Kier alpha value is -2.14. The molecule has 0 fully saturated rings. The molecule has 1 aromatic carbocycles. The maximum Gasteiger partial charge on any atom is 0.341 e. The van der Waals surface area contributed by atoms with Crippen LogP contribution in [0.25, 0.3) is 14.9 Å². The number of carbonyl (C=O) groups is 1. The summed E-state index contributed by atoms with van der Waals surface area (Å²) in [5.41, 5.74) is 1.14. The molecule has 0 saturated carbocycles. The lowest BCUT2D eigenvalue weighted by molar-refractivity contribution is 0.0528. The molecule has 2 heterocycles. The summed E-state index contributed by atoms with van der Waals surface area (Å²) in [4.78, 5) is 25.2. The quantitative estimate of drug-likeness (QED) is 0.681. The maximum absolute atomic E-state index is 12.5. The van der Waals surface area contributed by atoms with Crippen molar-refractivity contribution in [2.75, 3.05) is 6.61 Å². The first-order chi connectivity index (χ1) is 9.63. The molecule has 0 N–H and O–H groups in total. The molecule has 0 spiro atoms. The molecule has 0 unspecified atom stereocenters. The number of hydrogen-bond acceptors (Lipinski definition) is 4. The van der Waals surface area contributed by atoms with Crippen molar-refractivity contribution in [3.8, 4) is 0 Å². The molecule has 0 amide bonds. The second-order valence-corrected chi connectivity index (χ2v) is 5.52. The van der Waals surface area contributed by atoms with E-state index in [2.05, 4.69) is 0 Å². The van der Waals surface area contributed by atoms with Crippen molar-refractivity contribution in [2.45, 2.75) is 13.8 Å². The molecule has 0 atom stereocenters. The first kappa shape index (κ1) is 12.9. The Kier molecular flexibility index (Phi) is 3.06. The second kappa shape index (κ2) is 4.76. The van der Waals surface area contributed by atoms with Crippen LogP contribution in [0, 0.1) is 6.92 Å². The van der Waals surface area contributed by atoms with E-state index in [1.165, 1.54) is 15.7 Å². The molecule has 0 bridgehead atoms. The van der Waals surface area contributed by atoms with E-state index in [0.29, 0.717) is 22.4 Å². The van der Waals surface area contributed by atoms with Crippen LogP contribution in [0.2, 0.25) is 0 Å². The van der Waals surface area contributed by atoms with E-state index < -0.39 is 0 Å². The first-order valence-corrected chi connectivity index (χ1v) is 7.15. The number of benzene rings is 1. The van der Waals surface area contributed by atoms with Gasteiger partial charge in [-0.2, -0.15) is 0 Å². The van der Waals surface area contributed by atoms with E-state index >= 15 is 0 Å². The number of nitrogens with zero attached hydrogens (tertiary/aromatic N) is 1. The average molecular weight is 287 g/mol. The van der Waals surface area contributed by atoms with Gasteiger partial charge in [-0.1, -0.05) is 12.1 Å². The molecule has 0 aliphatic heterocycles. The number of aromatic nitrogens is 1. The van der Waals surface area contributed by atoms with Crippen LogP contribution in [-0.2, 0) is 4.74 Å². The lowest BCUT2D eigenvalue weighted by Crippen LogP contribution is -2.11. The summed E-state index contributed by atoms with van der Waals surface area (Å²) in [5, 5.41) is 0.662. The lowest BCUT2D eigenvalue weighted by atomic mass is 10.2. The monoisotopic (exact) mass is 287 g/mol. The van der Waals surface area contributed by atoms with Crippen LogP contribution in [0.3, 0.4) is 0 Å². The smallest absolute Gasteiger partial charge is 0.341 e. The predicted molar refractivity (Wildman–Crippen MR) is 79.7 cm³/mol. The topological polar surface area (TPSA) is 47.8 Å². The Balaban J connectivity index is 2.41. The molecular weight excluding hydrogens is 274 g/mol. The van der Waals surface area contributed by atoms with Gasteiger partial charge in [-0.25, -0.2) is 4.79 Å². The molecule has 0 radical (unpaired) electrons. The molecular formula is C15H13NO3S. The summed E-state index contributed by atoms with van der Waals surface area (Å²) in [5.74, 6) is -0.376. The van der Waals surface area contributed by atoms with Crippen LogP contribution < -0.4 is 5.56 Å². The maximum atomic E-state index is 12.5. The Morgan fingerprint density at radius 1 is 1.35 bits per heavy atom. The van der Waals surface area contributed by atoms with E-state index in [9.17, 15) is 9.59 Å². The Morgan fingerprint density at radius 3 is 2.85 bits per heavy atom. The minimum absolute atomic E-state index is 0.104. The molecule has 20 heavy (non-hydrogen) atoms. The van der Waals surface area contributed by atoms with Gasteiger partial charge in [-0.15, -0.1) is 11.3 Å². The largest absolute Gasteiger partial charge is 0.462 e. The molecule has 3 aromatic rings. The van der Waals surface area contributed by atoms with Crippen molar-refractivity contribution in [1.29, 1.82) is 0 Å². The molecule has 4 nitrogen and oxygen atoms in total. The van der Waals surface area contributed by atoms with Gasteiger partial charge >= 0.3 is 5.97 Å². The number of esters is 1. The minimum Gasteiger partial charge on any atom is -0.462 e. The third-order valence-electron chi connectivity index (χ3n) is 3.17. The molecule has 2 aromatic heterocycles. The van der Waals surface area contributed by atoms with E-state index in [4.69, 9.17) is 4.74 Å². The highest BCUT2D eigenvalue weighted by atomic mass is 32.1. The zero-order chi connectivity index (χ0) is 14.3. The zero-order valence-electron chi connectivity index (χ0n) is 11.2. The van der Waals surface area contributed by atoms with E-state index in [1.54, 1.807) is 19.2 Å². The van der Waals surface area contributed by atoms with Crippen molar-refractivity contribution in [3.05, 3.63) is 51.9 Å². The average Bonchev–Trinajstić information content (AvgIpc) is 2.76. The number of rotatable bonds is 2. The Labute approximate surface area is 119 Å². The third-order valence-corrected chi connectivity index (χ3v) is 4.34. The molecule has 102 valence electrons. The fraction of sp³-hybridized carbons (Fsp3) is 0.200. The second-order valence-electron chi connectivity index (χ2n) is 4.49. The minimum atomic E-state index is -0.376. The van der Waals surface area contributed by atoms with Crippen molar-refractivity contribution >= 4 is 32.2 Å². The van der Waals surface area contributed by atoms with Crippen molar-refractivity contribution in [1.82, 2.24) is 4.40 Å². The number of hydrogen-bond donors (Lipinski definition) is 0. The predicted octanol–water partition coefficient (Wildman–Crippen LogP) is 3.00. The summed E-state index contributed by atoms with van der Waals surface area (Å²) >= 11 is 1.43. The fourth-order valence-corrected chi connectivity index (χ4v) is 3.48. The number of carbonyl (C=O) groups excluding carboxylic acids is 1. The highest BCUT2D eigenvalue weighted by Crippen LogP contribution is 2.26. The molecule has 0 aliphatic rings. The van der Waals surface area contributed by atoms with Gasteiger partial charge in [0.25, 0.3) is 5.56 Å². The van der Waals surface area contributed by atoms with Gasteiger partial charge < -0.3 is 4.74 Å². The van der Waals surface area contributed by atoms with Gasteiger partial charge in [0.2, 0.25) is 0 Å². The summed E-state index contributed by atoms with van der Waals surface area (Å²) in [6.07, 6.45) is 1.70. The number of ether oxygens (including phenoxy) is 1. The summed E-state index contributed by atoms with van der Waals surface area (Å²) in [6, 6.07) is 7.41. The van der Waals surface area contributed by atoms with Gasteiger partial charge in [0.1, 0.15) is 4.83 Å². The van der Waals surface area contributed by atoms with Crippen LogP contribution in [0.15, 0.2) is 35.3 Å². The highest BCUT2D eigenvalue weighted by molar-refractivity contribution is 7.23. The van der Waals surface area contributed by atoms with Gasteiger partial charge in [0.15, 0.2) is 0 Å². The van der Waals surface area contributed by atoms with Crippen molar-refractivity contribution < 1.29 is 9.53 Å². The van der Waals surface area contributed by atoms with Gasteiger partial charge in [-0.3, -0.25) is 9.20 Å². The van der Waals surface area contributed by atoms with E-state index in [0.717, 1.165) is 10.3 Å². The normalized spacial score (nSPS) is 11.1. The fourth-order valence-electron chi connectivity index (χ4n) is 2.27. The number of fused-ring (bicyclic) bond motifs is 2. The third kappa shape index (κ3) is 1.82. The van der Waals surface area contributed by atoms with Crippen LogP contribution >= 0.6 is 11.3 Å². The SMILES string of the molecule is CCOC(=O)c1c(C)cn2c(=O)c3ccccc3sc12. The van der Waals surface area contributed by atoms with Crippen LogP contribution in [0.1, 0.15) is 22.8 Å². The molecule has 0 aliphatic carbocycles. The van der Waals surface area contributed by atoms with Crippen LogP contribution in [-0.4, -0.2) is 17.0 Å². The first-order valence-electron chi connectivity index (χ1n) is 6.34. The Morgan fingerprint density at radius 2 is 2.10 bits per heavy atom. The Bertz CT molecular complexity index is 876. The van der Waals surface area contributed by atoms with Gasteiger partial charge in [0, 0.05) is 10.9 Å². The van der Waals surface area contributed by atoms with Crippen LogP contribution in [0.5, 0.6) is 0 Å². The number of aryl methyl sites for hydroxylation is 1. The summed E-state index contributed by atoms with van der Waals surface area (Å²) < 4.78 is 7.48. The standard InChI is InChI=1S/C15H13NO3S/c1-3-19-15(18)12-9(2)8-16-13(17)10-6-4-5-7-11(10)20-14(12)16/h4-8H,3H2,1-2H3. The summed E-state index contributed by atoms with van der Waals surface area (Å²) in [6.45, 7) is 3.90. The summed E-state index contributed by atoms with van der Waals surface area (Å²) in [7, 11) is 0. The van der Waals surface area contributed by atoms with Crippen molar-refractivity contribution in [2.24, 2.45) is 0 Å². The molecule has 0 saturated heterocycles. The van der Waals surface area contributed by atoms with Crippen molar-refractivity contribution in [3.63, 3.8) is 0 Å². The zero-order valence-corrected chi connectivity index (χ0v) is 12.0. The van der Waals surface area contributed by atoms with Gasteiger partial charge in [0.05, 0.1) is 17.6 Å². The van der Waals surface area contributed by atoms with E-state index in [-0.39, 0.29) is 11.5 Å². The van der Waals surface area contributed by atoms with Gasteiger partial charge in [-0.05, 0) is 31.5 Å². The van der Waals surface area contributed by atoms with E-state index in [1.807, 2.05) is 25.1 Å². The highest BCUT2D eigenvalue weighted by Gasteiger charge is 2.19. The van der Waals surface area contributed by atoms with Crippen LogP contribution in [0.4, 0.5) is 0 Å². The molecule has 5 heteroatoms. The molecule has 3 rings (SSSR count). The lowest BCUT2D eigenvalue weighted by Gasteiger charge is -2.02.